The smallest absolute Gasteiger partial charge is 0.326 e. The third-order valence-electron chi connectivity index (χ3n) is 5.28. The molecule has 1 aliphatic heterocycles. The second-order valence-electron chi connectivity index (χ2n) is 7.88. The summed E-state index contributed by atoms with van der Waals surface area (Å²) in [7, 11) is 0. The number of carbonyl (C=O) groups is 4. The first-order valence-corrected chi connectivity index (χ1v) is 12.5. The topological polar surface area (TPSA) is 204 Å². The number of thioether (sulfide) groups is 1. The maximum absolute atomic E-state index is 12.6. The minimum absolute atomic E-state index is 0.188. The summed E-state index contributed by atoms with van der Waals surface area (Å²) in [4.78, 5) is 45.0. The number of benzene rings is 2. The van der Waals surface area contributed by atoms with Crippen LogP contribution in [0.3, 0.4) is 0 Å². The number of carboxylic acids is 3. The number of rotatable bonds is 8. The highest BCUT2D eigenvalue weighted by atomic mass is 32.2. The van der Waals surface area contributed by atoms with E-state index in [0.717, 1.165) is 22.9 Å². The lowest BCUT2D eigenvalue weighted by Crippen LogP contribution is -2.40. The van der Waals surface area contributed by atoms with Crippen LogP contribution >= 0.6 is 11.8 Å². The number of likely N-dealkylation sites (tertiary alicyclic amines) is 1. The molecule has 36 heavy (non-hydrogen) atoms. The zero-order chi connectivity index (χ0) is 27.3. The third kappa shape index (κ3) is 9.46. The molecule has 0 radical (unpaired) electrons. The number of carboxylic acid groups (broad SMARTS) is 3. The average molecular weight is 524 g/mol. The van der Waals surface area contributed by atoms with Gasteiger partial charge >= 0.3 is 17.9 Å². The molecule has 3 rings (SSSR count). The molecule has 1 heterocycles. The zero-order valence-electron chi connectivity index (χ0n) is 19.9. The van der Waals surface area contributed by atoms with Crippen molar-refractivity contribution in [3.63, 3.8) is 0 Å². The Bertz CT molecular complexity index is 1030. The normalized spacial score (nSPS) is 16.1. The van der Waals surface area contributed by atoms with E-state index in [1.54, 1.807) is 17.8 Å². The highest BCUT2D eigenvalue weighted by Crippen LogP contribution is 2.24. The van der Waals surface area contributed by atoms with Crippen LogP contribution in [0.4, 0.5) is 0 Å². The second-order valence-corrected chi connectivity index (χ2v) is 8.86. The standard InChI is InChI=1S/C16H15NO3.C5H11NO2S.C3H7NO3/c18-15(17-10-4-9-14(17)16(19)20)13-8-3-6-11-5-1-2-7-12(11)13;1-9-3-2-4(6)5(7)8;4-2(1-5)3(6)7/h1-3,5-8,14H,4,9-10H2,(H,19,20);4H,2-3,6H2,1H3,(H,7,8);2,5H,1,4H2,(H,6,7)/t14-;4-;2-/m000/s1. The van der Waals surface area contributed by atoms with Gasteiger partial charge in [-0.3, -0.25) is 14.4 Å². The molecule has 12 heteroatoms. The Labute approximate surface area is 213 Å². The summed E-state index contributed by atoms with van der Waals surface area (Å²) in [5.41, 5.74) is 10.5. The first kappa shape index (κ1) is 30.8. The van der Waals surface area contributed by atoms with E-state index in [2.05, 4.69) is 0 Å². The van der Waals surface area contributed by atoms with Gasteiger partial charge in [0, 0.05) is 12.1 Å². The van der Waals surface area contributed by atoms with Crippen LogP contribution in [0.25, 0.3) is 10.8 Å². The largest absolute Gasteiger partial charge is 0.480 e. The fourth-order valence-corrected chi connectivity index (χ4v) is 3.77. The number of fused-ring (bicyclic) bond motifs is 1. The van der Waals surface area contributed by atoms with Crippen molar-refractivity contribution in [2.24, 2.45) is 11.5 Å². The van der Waals surface area contributed by atoms with Crippen molar-refractivity contribution in [3.8, 4) is 0 Å². The molecule has 0 unspecified atom stereocenters. The lowest BCUT2D eigenvalue weighted by Gasteiger charge is -2.22. The minimum Gasteiger partial charge on any atom is -0.480 e. The monoisotopic (exact) mass is 523 g/mol. The number of nitrogens with zero attached hydrogens (tertiary/aromatic N) is 1. The van der Waals surface area contributed by atoms with Crippen LogP contribution in [-0.2, 0) is 14.4 Å². The predicted octanol–water partition coefficient (Wildman–Crippen LogP) is 1.07. The molecule has 198 valence electrons. The van der Waals surface area contributed by atoms with Gasteiger partial charge in [-0.2, -0.15) is 11.8 Å². The zero-order valence-corrected chi connectivity index (χ0v) is 20.8. The predicted molar refractivity (Wildman–Crippen MR) is 137 cm³/mol. The number of hydrogen-bond acceptors (Lipinski definition) is 8. The molecule has 2 aromatic rings. The molecular formula is C24H33N3O8S. The van der Waals surface area contributed by atoms with Crippen molar-refractivity contribution in [1.29, 1.82) is 0 Å². The average Bonchev–Trinajstić information content (AvgIpc) is 3.37. The highest BCUT2D eigenvalue weighted by Gasteiger charge is 2.34. The van der Waals surface area contributed by atoms with E-state index in [4.69, 9.17) is 26.8 Å². The number of aliphatic carboxylic acids is 3. The van der Waals surface area contributed by atoms with Gasteiger partial charge in [0.25, 0.3) is 5.91 Å². The van der Waals surface area contributed by atoms with E-state index < -0.39 is 42.6 Å². The molecular weight excluding hydrogens is 490 g/mol. The number of hydrogen-bond donors (Lipinski definition) is 6. The van der Waals surface area contributed by atoms with Gasteiger partial charge in [0.1, 0.15) is 18.1 Å². The number of aliphatic hydroxyl groups excluding tert-OH is 1. The molecule has 0 spiro atoms. The maximum Gasteiger partial charge on any atom is 0.326 e. The molecule has 1 amide bonds. The summed E-state index contributed by atoms with van der Waals surface area (Å²) in [6.45, 7) is 0.00829. The Morgan fingerprint density at radius 3 is 2.14 bits per heavy atom. The molecule has 1 aliphatic rings. The first-order valence-electron chi connectivity index (χ1n) is 11.1. The van der Waals surface area contributed by atoms with Crippen LogP contribution in [0, 0.1) is 0 Å². The Kier molecular flexibility index (Phi) is 13.5. The summed E-state index contributed by atoms with van der Waals surface area (Å²) in [6.07, 6.45) is 3.75. The quantitative estimate of drug-likeness (QED) is 0.289. The first-order chi connectivity index (χ1) is 17.0. The van der Waals surface area contributed by atoms with Crippen LogP contribution in [0.5, 0.6) is 0 Å². The van der Waals surface area contributed by atoms with Gasteiger partial charge in [0.2, 0.25) is 0 Å². The molecule has 8 N–H and O–H groups in total. The summed E-state index contributed by atoms with van der Waals surface area (Å²) in [6, 6.07) is 10.7. The Hall–Kier alpha value is -3.19. The summed E-state index contributed by atoms with van der Waals surface area (Å²) < 4.78 is 0. The van der Waals surface area contributed by atoms with Crippen LogP contribution in [0.15, 0.2) is 42.5 Å². The highest BCUT2D eigenvalue weighted by molar-refractivity contribution is 7.98. The Morgan fingerprint density at radius 2 is 1.61 bits per heavy atom. The van der Waals surface area contributed by atoms with Gasteiger partial charge in [0.05, 0.1) is 6.61 Å². The van der Waals surface area contributed by atoms with Gasteiger partial charge in [-0.15, -0.1) is 0 Å². The van der Waals surface area contributed by atoms with E-state index in [1.165, 1.54) is 4.90 Å². The molecule has 0 aliphatic carbocycles. The van der Waals surface area contributed by atoms with Crippen molar-refractivity contribution in [2.75, 3.05) is 25.2 Å². The van der Waals surface area contributed by atoms with Crippen LogP contribution in [-0.4, -0.2) is 92.4 Å². The van der Waals surface area contributed by atoms with Crippen molar-refractivity contribution < 1.29 is 39.6 Å². The molecule has 11 nitrogen and oxygen atoms in total. The summed E-state index contributed by atoms with van der Waals surface area (Å²) in [5, 5.41) is 35.2. The Balaban J connectivity index is 0.000000338. The number of amides is 1. The Morgan fingerprint density at radius 1 is 1.00 bits per heavy atom. The number of carbonyl (C=O) groups excluding carboxylic acids is 1. The lowest BCUT2D eigenvalue weighted by atomic mass is 10.0. The molecule has 2 aromatic carbocycles. The van der Waals surface area contributed by atoms with Crippen molar-refractivity contribution in [1.82, 2.24) is 4.90 Å². The number of aliphatic hydroxyl groups is 1. The number of nitrogens with two attached hydrogens (primary N) is 2. The van der Waals surface area contributed by atoms with Gasteiger partial charge in [0.15, 0.2) is 0 Å². The molecule has 3 atom stereocenters. The van der Waals surface area contributed by atoms with E-state index in [1.807, 2.05) is 42.7 Å². The second kappa shape index (κ2) is 15.7. The van der Waals surface area contributed by atoms with Crippen molar-refractivity contribution in [3.05, 3.63) is 48.0 Å². The molecule has 1 saturated heterocycles. The molecule has 0 bridgehead atoms. The van der Waals surface area contributed by atoms with Crippen molar-refractivity contribution in [2.45, 2.75) is 37.4 Å². The minimum atomic E-state index is -1.18. The fourth-order valence-electron chi connectivity index (χ4n) is 3.28. The van der Waals surface area contributed by atoms with Crippen molar-refractivity contribution >= 4 is 46.3 Å². The SMILES string of the molecule is CSCC[C@H](N)C(=O)O.N[C@@H](CO)C(=O)O.O=C(O)[C@@H]1CCCN1C(=O)c1cccc2ccccc12. The van der Waals surface area contributed by atoms with E-state index in [-0.39, 0.29) is 5.91 Å². The molecule has 0 saturated carbocycles. The summed E-state index contributed by atoms with van der Waals surface area (Å²) in [5.74, 6) is -2.39. The third-order valence-corrected chi connectivity index (χ3v) is 5.93. The maximum atomic E-state index is 12.6. The molecule has 1 fully saturated rings. The van der Waals surface area contributed by atoms with Crippen LogP contribution in [0.2, 0.25) is 0 Å². The summed E-state index contributed by atoms with van der Waals surface area (Å²) >= 11 is 1.60. The fraction of sp³-hybridized carbons (Fsp3) is 0.417. The van der Waals surface area contributed by atoms with Gasteiger partial charge in [-0.05, 0) is 48.1 Å². The van der Waals surface area contributed by atoms with E-state index >= 15 is 0 Å². The van der Waals surface area contributed by atoms with E-state index in [9.17, 15) is 24.3 Å². The van der Waals surface area contributed by atoms with Gasteiger partial charge in [-0.25, -0.2) is 4.79 Å². The van der Waals surface area contributed by atoms with Crippen LogP contribution < -0.4 is 11.5 Å². The van der Waals surface area contributed by atoms with Gasteiger partial charge in [-0.1, -0.05) is 36.4 Å². The molecule has 0 aromatic heterocycles. The van der Waals surface area contributed by atoms with E-state index in [0.29, 0.717) is 24.9 Å². The van der Waals surface area contributed by atoms with Gasteiger partial charge < -0.3 is 36.8 Å². The lowest BCUT2D eigenvalue weighted by molar-refractivity contribution is -0.141. The van der Waals surface area contributed by atoms with Crippen LogP contribution in [0.1, 0.15) is 29.6 Å².